The van der Waals surface area contributed by atoms with Gasteiger partial charge in [-0.2, -0.15) is 0 Å². The Bertz CT molecular complexity index is 475. The second-order valence-corrected chi connectivity index (χ2v) is 3.99. The average molecular weight is 252 g/mol. The fraction of sp³-hybridized carbons (Fsp3) is 0.333. The van der Waals surface area contributed by atoms with Crippen molar-refractivity contribution in [3.8, 4) is 0 Å². The first-order valence-corrected chi connectivity index (χ1v) is 5.43. The number of imide groups is 1. The number of carbonyl (C=O) groups is 2. The van der Waals surface area contributed by atoms with E-state index in [4.69, 9.17) is 4.74 Å². The number of nitrogens with one attached hydrogen (secondary N) is 1. The molecule has 1 saturated heterocycles. The van der Waals surface area contributed by atoms with Crippen LogP contribution in [0.2, 0.25) is 0 Å². The average Bonchev–Trinajstić information content (AvgIpc) is 2.67. The maximum absolute atomic E-state index is 12.9. The highest BCUT2D eigenvalue weighted by atomic mass is 19.1. The summed E-state index contributed by atoms with van der Waals surface area (Å²) in [4.78, 5) is 24.3. The van der Waals surface area contributed by atoms with Gasteiger partial charge in [0.25, 0.3) is 0 Å². The van der Waals surface area contributed by atoms with Crippen LogP contribution < -0.4 is 5.32 Å². The molecule has 0 saturated carbocycles. The standard InChI is InChI=1S/C12H13FN2O3/c1-7(16)15-10(11(18-2)14-12(15)17)8-3-5-9(13)6-4-8/h3-6,10-11H,1-2H3,(H,14,17)/t10-,11-/m0/s1. The van der Waals surface area contributed by atoms with Crippen LogP contribution in [0.4, 0.5) is 9.18 Å². The predicted molar refractivity (Wildman–Crippen MR) is 61.0 cm³/mol. The van der Waals surface area contributed by atoms with Crippen molar-refractivity contribution in [3.63, 3.8) is 0 Å². The summed E-state index contributed by atoms with van der Waals surface area (Å²) in [6, 6.07) is 4.53. The summed E-state index contributed by atoms with van der Waals surface area (Å²) in [6.45, 7) is 1.30. The van der Waals surface area contributed by atoms with E-state index in [1.807, 2.05) is 0 Å². The van der Waals surface area contributed by atoms with Crippen molar-refractivity contribution >= 4 is 11.9 Å². The molecule has 3 amide bonds. The lowest BCUT2D eigenvalue weighted by molar-refractivity contribution is -0.128. The summed E-state index contributed by atoms with van der Waals surface area (Å²) >= 11 is 0. The number of ether oxygens (including phenoxy) is 1. The summed E-state index contributed by atoms with van der Waals surface area (Å²) < 4.78 is 18.0. The number of nitrogens with zero attached hydrogens (tertiary/aromatic N) is 1. The predicted octanol–water partition coefficient (Wildman–Crippen LogP) is 1.41. The highest BCUT2D eigenvalue weighted by molar-refractivity contribution is 5.95. The molecule has 1 aliphatic rings. The van der Waals surface area contributed by atoms with Crippen LogP contribution in [-0.4, -0.2) is 30.2 Å². The van der Waals surface area contributed by atoms with E-state index in [1.165, 1.54) is 38.3 Å². The summed E-state index contributed by atoms with van der Waals surface area (Å²) in [7, 11) is 1.44. The van der Waals surface area contributed by atoms with E-state index in [1.54, 1.807) is 0 Å². The Balaban J connectivity index is 2.39. The molecule has 0 bridgehead atoms. The van der Waals surface area contributed by atoms with Gasteiger partial charge >= 0.3 is 6.03 Å². The smallest absolute Gasteiger partial charge is 0.326 e. The Hall–Kier alpha value is -1.95. The third kappa shape index (κ3) is 2.06. The topological polar surface area (TPSA) is 58.6 Å². The molecular formula is C12H13FN2O3. The minimum absolute atomic E-state index is 0.376. The van der Waals surface area contributed by atoms with Gasteiger partial charge in [0.1, 0.15) is 11.9 Å². The Labute approximate surface area is 104 Å². The van der Waals surface area contributed by atoms with Gasteiger partial charge in [-0.05, 0) is 17.7 Å². The Morgan fingerprint density at radius 3 is 2.50 bits per heavy atom. The second-order valence-electron chi connectivity index (χ2n) is 3.99. The van der Waals surface area contributed by atoms with Crippen LogP contribution in [0.1, 0.15) is 18.5 Å². The number of hydrogen-bond acceptors (Lipinski definition) is 3. The molecule has 0 radical (unpaired) electrons. The number of amides is 3. The summed E-state index contributed by atoms with van der Waals surface area (Å²) in [5.74, 6) is -0.763. The van der Waals surface area contributed by atoms with Gasteiger partial charge in [0.05, 0.1) is 0 Å². The fourth-order valence-corrected chi connectivity index (χ4v) is 2.04. The van der Waals surface area contributed by atoms with E-state index in [2.05, 4.69) is 5.32 Å². The molecule has 6 heteroatoms. The number of carbonyl (C=O) groups excluding carboxylic acids is 2. The minimum atomic E-state index is -0.633. The first kappa shape index (κ1) is 12.5. The molecule has 0 aromatic heterocycles. The van der Waals surface area contributed by atoms with E-state index in [0.29, 0.717) is 5.56 Å². The van der Waals surface area contributed by atoms with Crippen LogP contribution in [0.25, 0.3) is 0 Å². The Morgan fingerprint density at radius 1 is 1.39 bits per heavy atom. The Morgan fingerprint density at radius 2 is 2.00 bits per heavy atom. The molecule has 18 heavy (non-hydrogen) atoms. The number of rotatable bonds is 2. The molecule has 1 aromatic rings. The van der Waals surface area contributed by atoms with Crippen molar-refractivity contribution in [3.05, 3.63) is 35.6 Å². The number of hydrogen-bond donors (Lipinski definition) is 1. The van der Waals surface area contributed by atoms with Crippen LogP contribution in [0.3, 0.4) is 0 Å². The maximum atomic E-state index is 12.9. The van der Waals surface area contributed by atoms with Gasteiger partial charge in [0.15, 0.2) is 6.23 Å². The molecule has 0 aliphatic carbocycles. The first-order chi connectivity index (χ1) is 8.54. The van der Waals surface area contributed by atoms with Gasteiger partial charge in [0.2, 0.25) is 5.91 Å². The summed E-state index contributed by atoms with van der Waals surface area (Å²) in [5.41, 5.74) is 0.636. The lowest BCUT2D eigenvalue weighted by Gasteiger charge is -2.23. The van der Waals surface area contributed by atoms with E-state index >= 15 is 0 Å². The van der Waals surface area contributed by atoms with Gasteiger partial charge in [-0.25, -0.2) is 9.18 Å². The highest BCUT2D eigenvalue weighted by Gasteiger charge is 2.42. The zero-order valence-electron chi connectivity index (χ0n) is 10.0. The molecule has 96 valence electrons. The summed E-state index contributed by atoms with van der Waals surface area (Å²) in [5, 5.41) is 2.55. The van der Waals surface area contributed by atoms with Gasteiger partial charge in [-0.3, -0.25) is 9.69 Å². The lowest BCUT2D eigenvalue weighted by atomic mass is 10.1. The fourth-order valence-electron chi connectivity index (χ4n) is 2.04. The Kier molecular flexibility index (Phi) is 3.29. The molecule has 0 unspecified atom stereocenters. The minimum Gasteiger partial charge on any atom is -0.359 e. The number of halogens is 1. The van der Waals surface area contributed by atoms with Crippen molar-refractivity contribution < 1.29 is 18.7 Å². The monoisotopic (exact) mass is 252 g/mol. The molecule has 1 fully saturated rings. The maximum Gasteiger partial charge on any atom is 0.326 e. The van der Waals surface area contributed by atoms with Crippen molar-refractivity contribution in [1.82, 2.24) is 10.2 Å². The van der Waals surface area contributed by atoms with Crippen LogP contribution in [0.15, 0.2) is 24.3 Å². The molecule has 2 atom stereocenters. The third-order valence-corrected chi connectivity index (χ3v) is 2.85. The van der Waals surface area contributed by atoms with Gasteiger partial charge in [0, 0.05) is 14.0 Å². The van der Waals surface area contributed by atoms with Gasteiger partial charge < -0.3 is 10.1 Å². The summed E-state index contributed by atoms with van der Waals surface area (Å²) in [6.07, 6.45) is -0.633. The SMILES string of the molecule is CO[C@@H]1NC(=O)N(C(C)=O)[C@H]1c1ccc(F)cc1. The number of methoxy groups -OCH3 is 1. The zero-order chi connectivity index (χ0) is 13.3. The van der Waals surface area contributed by atoms with E-state index in [0.717, 1.165) is 4.90 Å². The second kappa shape index (κ2) is 4.73. The van der Waals surface area contributed by atoms with Crippen molar-refractivity contribution in [2.75, 3.05) is 7.11 Å². The van der Waals surface area contributed by atoms with Crippen molar-refractivity contribution in [2.45, 2.75) is 19.2 Å². The first-order valence-electron chi connectivity index (χ1n) is 5.43. The third-order valence-electron chi connectivity index (χ3n) is 2.85. The van der Waals surface area contributed by atoms with Crippen molar-refractivity contribution in [2.24, 2.45) is 0 Å². The van der Waals surface area contributed by atoms with E-state index in [-0.39, 0.29) is 11.7 Å². The normalized spacial score (nSPS) is 23.1. The zero-order valence-corrected chi connectivity index (χ0v) is 10.0. The molecule has 1 heterocycles. The quantitative estimate of drug-likeness (QED) is 0.865. The van der Waals surface area contributed by atoms with Crippen LogP contribution in [0, 0.1) is 5.82 Å². The lowest BCUT2D eigenvalue weighted by Crippen LogP contribution is -2.34. The van der Waals surface area contributed by atoms with Crippen LogP contribution in [-0.2, 0) is 9.53 Å². The van der Waals surface area contributed by atoms with Gasteiger partial charge in [-0.1, -0.05) is 12.1 Å². The molecule has 1 N–H and O–H groups in total. The molecule has 0 spiro atoms. The molecular weight excluding hydrogens is 239 g/mol. The molecule has 1 aromatic carbocycles. The van der Waals surface area contributed by atoms with E-state index < -0.39 is 18.3 Å². The number of urea groups is 1. The van der Waals surface area contributed by atoms with Crippen LogP contribution >= 0.6 is 0 Å². The number of benzene rings is 1. The van der Waals surface area contributed by atoms with Crippen LogP contribution in [0.5, 0.6) is 0 Å². The largest absolute Gasteiger partial charge is 0.359 e. The highest BCUT2D eigenvalue weighted by Crippen LogP contribution is 2.30. The van der Waals surface area contributed by atoms with E-state index in [9.17, 15) is 14.0 Å². The van der Waals surface area contributed by atoms with Crippen molar-refractivity contribution in [1.29, 1.82) is 0 Å². The molecule has 1 aliphatic heterocycles. The molecule has 2 rings (SSSR count). The molecule has 5 nitrogen and oxygen atoms in total. The van der Waals surface area contributed by atoms with Gasteiger partial charge in [-0.15, -0.1) is 0 Å².